The molecule has 14 heavy (non-hydrogen) atoms. The molecular weight excluding hydrogens is 264 g/mol. The molecule has 0 atom stereocenters. The normalized spacial score (nSPS) is 10.8. The van der Waals surface area contributed by atoms with Crippen LogP contribution < -0.4 is 5.73 Å². The van der Waals surface area contributed by atoms with Crippen LogP contribution in [0.3, 0.4) is 0 Å². The lowest BCUT2D eigenvalue weighted by Gasteiger charge is -2.17. The largest absolute Gasteiger partial charge is 0.369 e. The summed E-state index contributed by atoms with van der Waals surface area (Å²) in [5, 5.41) is 2.03. The summed E-state index contributed by atoms with van der Waals surface area (Å²) in [6, 6.07) is 2.01. The zero-order valence-electron chi connectivity index (χ0n) is 8.00. The summed E-state index contributed by atoms with van der Waals surface area (Å²) in [7, 11) is 0. The van der Waals surface area contributed by atoms with E-state index in [1.54, 1.807) is 11.3 Å². The van der Waals surface area contributed by atoms with Gasteiger partial charge >= 0.3 is 0 Å². The fraction of sp³-hybridized carbons (Fsp3) is 0.444. The van der Waals surface area contributed by atoms with Crippen molar-refractivity contribution in [3.05, 3.63) is 20.8 Å². The third-order valence-electron chi connectivity index (χ3n) is 1.88. The van der Waals surface area contributed by atoms with E-state index in [2.05, 4.69) is 15.9 Å². The summed E-state index contributed by atoms with van der Waals surface area (Å²) < 4.78 is 1.10. The molecule has 0 aromatic carbocycles. The molecule has 5 heteroatoms. The summed E-state index contributed by atoms with van der Waals surface area (Å²) in [5.41, 5.74) is 5.15. The van der Waals surface area contributed by atoms with E-state index >= 15 is 0 Å². The van der Waals surface area contributed by atoms with Crippen molar-refractivity contribution in [2.24, 2.45) is 5.73 Å². The third-order valence-corrected chi connectivity index (χ3v) is 3.80. The number of nitrogens with zero attached hydrogens (tertiary/aromatic N) is 1. The van der Waals surface area contributed by atoms with Gasteiger partial charge in [-0.2, -0.15) is 0 Å². The van der Waals surface area contributed by atoms with Gasteiger partial charge in [-0.15, -0.1) is 11.3 Å². The molecule has 3 nitrogen and oxygen atoms in total. The maximum atomic E-state index is 10.8. The lowest BCUT2D eigenvalue weighted by molar-refractivity contribution is -0.119. The van der Waals surface area contributed by atoms with Crippen LogP contribution in [0.5, 0.6) is 0 Å². The number of hydrogen-bond donors (Lipinski definition) is 1. The fourth-order valence-electron chi connectivity index (χ4n) is 1.14. The molecule has 0 aliphatic rings. The van der Waals surface area contributed by atoms with Crippen molar-refractivity contribution in [2.75, 3.05) is 13.1 Å². The zero-order valence-corrected chi connectivity index (χ0v) is 10.4. The Kier molecular flexibility index (Phi) is 4.57. The van der Waals surface area contributed by atoms with Crippen LogP contribution in [0.4, 0.5) is 0 Å². The number of likely N-dealkylation sites (N-methyl/N-ethyl adjacent to an activating group) is 1. The van der Waals surface area contributed by atoms with Crippen LogP contribution in [0.2, 0.25) is 0 Å². The lowest BCUT2D eigenvalue weighted by atomic mass is 10.4. The molecule has 0 saturated heterocycles. The van der Waals surface area contributed by atoms with Crippen molar-refractivity contribution in [1.29, 1.82) is 0 Å². The molecule has 0 spiro atoms. The van der Waals surface area contributed by atoms with E-state index < -0.39 is 0 Å². The number of halogens is 1. The Labute approximate surface area is 96.0 Å². The average Bonchev–Trinajstić information content (AvgIpc) is 2.50. The van der Waals surface area contributed by atoms with Crippen molar-refractivity contribution in [3.8, 4) is 0 Å². The Morgan fingerprint density at radius 1 is 1.71 bits per heavy atom. The van der Waals surface area contributed by atoms with E-state index in [9.17, 15) is 4.79 Å². The van der Waals surface area contributed by atoms with Gasteiger partial charge in [0, 0.05) is 15.9 Å². The summed E-state index contributed by atoms with van der Waals surface area (Å²) in [5.74, 6) is -0.278. The first-order valence-electron chi connectivity index (χ1n) is 4.36. The fourth-order valence-corrected chi connectivity index (χ4v) is 2.66. The molecule has 1 amide bonds. The minimum atomic E-state index is -0.278. The molecule has 0 saturated carbocycles. The molecule has 1 aromatic rings. The van der Waals surface area contributed by atoms with Gasteiger partial charge in [-0.1, -0.05) is 6.92 Å². The minimum Gasteiger partial charge on any atom is -0.369 e. The number of carbonyl (C=O) groups is 1. The first-order chi connectivity index (χ1) is 6.63. The van der Waals surface area contributed by atoms with Gasteiger partial charge < -0.3 is 5.73 Å². The quantitative estimate of drug-likeness (QED) is 0.892. The molecule has 2 N–H and O–H groups in total. The number of carbonyl (C=O) groups excluding carboxylic acids is 1. The highest BCUT2D eigenvalue weighted by atomic mass is 79.9. The van der Waals surface area contributed by atoms with E-state index in [0.29, 0.717) is 6.54 Å². The van der Waals surface area contributed by atoms with Gasteiger partial charge in [0.05, 0.1) is 6.54 Å². The first-order valence-corrected chi connectivity index (χ1v) is 6.03. The predicted octanol–water partition coefficient (Wildman–Crippen LogP) is 1.82. The smallest absolute Gasteiger partial charge is 0.231 e. The molecule has 0 aliphatic carbocycles. The Morgan fingerprint density at radius 2 is 2.43 bits per heavy atom. The van der Waals surface area contributed by atoms with Crippen molar-refractivity contribution in [3.63, 3.8) is 0 Å². The molecule has 0 bridgehead atoms. The standard InChI is InChI=1S/C9H13BrN2OS/c1-2-12(6-9(11)13)5-8-7(10)3-4-14-8/h3-4H,2,5-6H2,1H3,(H2,11,13). The highest BCUT2D eigenvalue weighted by Crippen LogP contribution is 2.23. The van der Waals surface area contributed by atoms with E-state index in [4.69, 9.17) is 5.73 Å². The summed E-state index contributed by atoms with van der Waals surface area (Å²) in [6.45, 7) is 3.94. The maximum absolute atomic E-state index is 10.8. The van der Waals surface area contributed by atoms with Gasteiger partial charge in [-0.3, -0.25) is 9.69 Å². The van der Waals surface area contributed by atoms with Crippen LogP contribution in [0.25, 0.3) is 0 Å². The lowest BCUT2D eigenvalue weighted by Crippen LogP contribution is -2.33. The Bertz CT molecular complexity index is 314. The van der Waals surface area contributed by atoms with Gasteiger partial charge in [0.25, 0.3) is 0 Å². The second-order valence-corrected chi connectivity index (χ2v) is 4.82. The highest BCUT2D eigenvalue weighted by Gasteiger charge is 2.09. The predicted molar refractivity (Wildman–Crippen MR) is 62.2 cm³/mol. The van der Waals surface area contributed by atoms with Gasteiger partial charge in [0.15, 0.2) is 0 Å². The van der Waals surface area contributed by atoms with Gasteiger partial charge in [0.2, 0.25) is 5.91 Å². The maximum Gasteiger partial charge on any atom is 0.231 e. The molecule has 0 aliphatic heterocycles. The Balaban J connectivity index is 2.57. The van der Waals surface area contributed by atoms with E-state index in [1.807, 2.05) is 23.3 Å². The molecule has 1 rings (SSSR count). The summed E-state index contributed by atoms with van der Waals surface area (Å²) in [6.07, 6.45) is 0. The number of primary amides is 1. The highest BCUT2D eigenvalue weighted by molar-refractivity contribution is 9.10. The van der Waals surface area contributed by atoms with E-state index in [0.717, 1.165) is 17.6 Å². The van der Waals surface area contributed by atoms with E-state index in [1.165, 1.54) is 4.88 Å². The topological polar surface area (TPSA) is 46.3 Å². The van der Waals surface area contributed by atoms with Crippen LogP contribution in [0, 0.1) is 0 Å². The third kappa shape index (κ3) is 3.40. The van der Waals surface area contributed by atoms with Crippen molar-refractivity contribution < 1.29 is 4.79 Å². The van der Waals surface area contributed by atoms with Crippen molar-refractivity contribution in [2.45, 2.75) is 13.5 Å². The molecule has 0 unspecified atom stereocenters. The SMILES string of the molecule is CCN(CC(N)=O)Cc1sccc1Br. The van der Waals surface area contributed by atoms with Crippen LogP contribution >= 0.6 is 27.3 Å². The van der Waals surface area contributed by atoms with Crippen LogP contribution in [-0.2, 0) is 11.3 Å². The first kappa shape index (κ1) is 11.7. The molecule has 78 valence electrons. The summed E-state index contributed by atoms with van der Waals surface area (Å²) >= 11 is 5.14. The average molecular weight is 277 g/mol. The number of nitrogens with two attached hydrogens (primary N) is 1. The number of thiophene rings is 1. The molecule has 0 fully saturated rings. The molecule has 1 heterocycles. The van der Waals surface area contributed by atoms with Crippen LogP contribution in [0.1, 0.15) is 11.8 Å². The molecule has 1 aromatic heterocycles. The molecule has 0 radical (unpaired) electrons. The van der Waals surface area contributed by atoms with Crippen LogP contribution in [-0.4, -0.2) is 23.9 Å². The summed E-state index contributed by atoms with van der Waals surface area (Å²) in [4.78, 5) is 14.0. The second kappa shape index (κ2) is 5.48. The minimum absolute atomic E-state index is 0.278. The van der Waals surface area contributed by atoms with Gasteiger partial charge in [-0.25, -0.2) is 0 Å². The van der Waals surface area contributed by atoms with Crippen molar-refractivity contribution >= 4 is 33.2 Å². The Hall–Kier alpha value is -0.390. The Morgan fingerprint density at radius 3 is 2.86 bits per heavy atom. The number of rotatable bonds is 5. The van der Waals surface area contributed by atoms with Gasteiger partial charge in [0.1, 0.15) is 0 Å². The number of amides is 1. The second-order valence-electron chi connectivity index (χ2n) is 2.96. The van der Waals surface area contributed by atoms with Gasteiger partial charge in [-0.05, 0) is 33.9 Å². The van der Waals surface area contributed by atoms with E-state index in [-0.39, 0.29) is 5.91 Å². The van der Waals surface area contributed by atoms with Crippen molar-refractivity contribution in [1.82, 2.24) is 4.90 Å². The van der Waals surface area contributed by atoms with Crippen LogP contribution in [0.15, 0.2) is 15.9 Å². The monoisotopic (exact) mass is 276 g/mol. The zero-order chi connectivity index (χ0) is 10.6. The molecular formula is C9H13BrN2OS. The number of hydrogen-bond acceptors (Lipinski definition) is 3.